The van der Waals surface area contributed by atoms with Crippen LogP contribution in [0.25, 0.3) is 6.08 Å². The lowest BCUT2D eigenvalue weighted by Crippen LogP contribution is -2.49. The van der Waals surface area contributed by atoms with Gasteiger partial charge < -0.3 is 26.2 Å². The molecule has 1 aliphatic carbocycles. The first-order valence-electron chi connectivity index (χ1n) is 20.0. The standard InChI is InChI=1S/C47H57N3O7Si2/c1-46(2)23-24-47(3,4)39-28-35(19-20-38(39)46)49-42(53)31-13-15-32(16-14-31)43(54)50-40(45(56)57)22-25-59(8,9)37-27-33(26-36(29-37)58(5,6)7)44(55)48-34-17-10-30(11-18-34)12-21-41(51)52/h10-21,26-29,40H,22-25H2,1-9H3,(H,48,55)(H,49,53)(H,50,54)(H,51,52)(H,56,57)/b21-12+/t40-/m0/s1. The second-order valence-electron chi connectivity index (χ2n) is 18.6. The molecule has 0 radical (unpaired) electrons. The number of amides is 3. The van der Waals surface area contributed by atoms with Crippen molar-refractivity contribution in [2.24, 2.45) is 0 Å². The van der Waals surface area contributed by atoms with Crippen LogP contribution in [0.4, 0.5) is 11.4 Å². The molecule has 1 atom stereocenters. The van der Waals surface area contributed by atoms with Gasteiger partial charge in [0.05, 0.1) is 16.1 Å². The molecule has 0 fully saturated rings. The molecule has 0 spiro atoms. The van der Waals surface area contributed by atoms with Gasteiger partial charge in [-0.1, -0.05) is 113 Å². The zero-order chi connectivity index (χ0) is 43.5. The summed E-state index contributed by atoms with van der Waals surface area (Å²) >= 11 is 0. The van der Waals surface area contributed by atoms with Gasteiger partial charge in [-0.25, -0.2) is 9.59 Å². The maximum absolute atomic E-state index is 13.6. The normalized spacial score (nSPS) is 15.1. The summed E-state index contributed by atoms with van der Waals surface area (Å²) in [5, 5.41) is 29.8. The van der Waals surface area contributed by atoms with Crippen LogP contribution in [0, 0.1) is 0 Å². The molecule has 0 saturated heterocycles. The van der Waals surface area contributed by atoms with Crippen molar-refractivity contribution in [1.82, 2.24) is 5.32 Å². The number of carbonyl (C=O) groups is 5. The molecular formula is C47H57N3O7Si2. The lowest BCUT2D eigenvalue weighted by atomic mass is 9.63. The van der Waals surface area contributed by atoms with Gasteiger partial charge >= 0.3 is 11.9 Å². The minimum atomic E-state index is -2.37. The fourth-order valence-corrected chi connectivity index (χ4v) is 11.1. The predicted octanol–water partition coefficient (Wildman–Crippen LogP) is 8.37. The van der Waals surface area contributed by atoms with Gasteiger partial charge in [0.15, 0.2) is 0 Å². The summed E-state index contributed by atoms with van der Waals surface area (Å²) in [5.74, 6) is -3.32. The van der Waals surface area contributed by atoms with E-state index in [9.17, 15) is 29.1 Å². The van der Waals surface area contributed by atoms with Crippen LogP contribution in [0.5, 0.6) is 0 Å². The molecule has 4 aromatic carbocycles. The van der Waals surface area contributed by atoms with Crippen molar-refractivity contribution < 1.29 is 34.2 Å². The van der Waals surface area contributed by atoms with Crippen LogP contribution in [-0.2, 0) is 20.4 Å². The number of nitrogens with one attached hydrogen (secondary N) is 3. The van der Waals surface area contributed by atoms with Gasteiger partial charge in [-0.05, 0) is 101 Å². The van der Waals surface area contributed by atoms with Crippen molar-refractivity contribution in [3.8, 4) is 0 Å². The Morgan fingerprint density at radius 2 is 1.17 bits per heavy atom. The van der Waals surface area contributed by atoms with E-state index in [1.54, 1.807) is 36.4 Å². The molecule has 310 valence electrons. The van der Waals surface area contributed by atoms with E-state index in [-0.39, 0.29) is 34.6 Å². The first-order valence-corrected chi connectivity index (χ1v) is 26.7. The zero-order valence-corrected chi connectivity index (χ0v) is 37.6. The Hall–Kier alpha value is -5.60. The monoisotopic (exact) mass is 831 g/mol. The quantitative estimate of drug-likeness (QED) is 0.0630. The molecule has 0 saturated carbocycles. The number of carboxylic acid groups (broad SMARTS) is 2. The largest absolute Gasteiger partial charge is 0.480 e. The number of hydrogen-bond donors (Lipinski definition) is 5. The highest BCUT2D eigenvalue weighted by Gasteiger charge is 2.37. The van der Waals surface area contributed by atoms with E-state index in [1.165, 1.54) is 29.3 Å². The van der Waals surface area contributed by atoms with E-state index >= 15 is 0 Å². The van der Waals surface area contributed by atoms with E-state index < -0.39 is 40.0 Å². The van der Waals surface area contributed by atoms with Gasteiger partial charge in [-0.15, -0.1) is 0 Å². The van der Waals surface area contributed by atoms with Crippen molar-refractivity contribution in [3.63, 3.8) is 0 Å². The summed E-state index contributed by atoms with van der Waals surface area (Å²) in [7, 11) is -4.27. The number of hydrogen-bond acceptors (Lipinski definition) is 5. The number of carbonyl (C=O) groups excluding carboxylic acids is 3. The molecule has 0 bridgehead atoms. The second-order valence-corrected chi connectivity index (χ2v) is 28.6. The number of rotatable bonds is 14. The molecule has 4 aromatic rings. The topological polar surface area (TPSA) is 162 Å². The second kappa shape index (κ2) is 17.3. The number of fused-ring (bicyclic) bond motifs is 1. The minimum absolute atomic E-state index is 0.00529. The molecule has 0 aromatic heterocycles. The summed E-state index contributed by atoms with van der Waals surface area (Å²) in [6.45, 7) is 19.9. The molecule has 0 heterocycles. The Kier molecular flexibility index (Phi) is 13.1. The van der Waals surface area contributed by atoms with Crippen LogP contribution in [0.1, 0.15) is 94.7 Å². The van der Waals surface area contributed by atoms with Crippen LogP contribution in [0.3, 0.4) is 0 Å². The van der Waals surface area contributed by atoms with Crippen molar-refractivity contribution in [2.75, 3.05) is 10.6 Å². The van der Waals surface area contributed by atoms with Crippen LogP contribution in [0.15, 0.2) is 91.0 Å². The summed E-state index contributed by atoms with van der Waals surface area (Å²) < 4.78 is 0. The average molecular weight is 832 g/mol. The predicted molar refractivity (Wildman–Crippen MR) is 242 cm³/mol. The number of carboxylic acids is 2. The molecule has 1 aliphatic rings. The van der Waals surface area contributed by atoms with Crippen LogP contribution >= 0.6 is 0 Å². The van der Waals surface area contributed by atoms with Gasteiger partial charge in [0.25, 0.3) is 17.7 Å². The maximum Gasteiger partial charge on any atom is 0.328 e. The fourth-order valence-electron chi connectivity index (χ4n) is 7.42. The summed E-state index contributed by atoms with van der Waals surface area (Å²) in [6, 6.07) is 24.5. The van der Waals surface area contributed by atoms with E-state index in [0.29, 0.717) is 34.1 Å². The molecule has 5 N–H and O–H groups in total. The molecule has 5 rings (SSSR count). The molecule has 0 unspecified atom stereocenters. The van der Waals surface area contributed by atoms with E-state index in [1.807, 2.05) is 18.2 Å². The van der Waals surface area contributed by atoms with Crippen LogP contribution in [-0.4, -0.2) is 62.1 Å². The first kappa shape index (κ1) is 44.5. The van der Waals surface area contributed by atoms with Crippen LogP contribution in [0.2, 0.25) is 38.8 Å². The third-order valence-electron chi connectivity index (χ3n) is 11.6. The lowest BCUT2D eigenvalue weighted by molar-refractivity contribution is -0.139. The fraction of sp³-hybridized carbons (Fsp3) is 0.340. The van der Waals surface area contributed by atoms with Crippen molar-refractivity contribution in [3.05, 3.63) is 124 Å². The molecule has 3 amide bonds. The van der Waals surface area contributed by atoms with Gasteiger partial charge in [0.2, 0.25) is 0 Å². The molecule has 12 heteroatoms. The maximum atomic E-state index is 13.6. The summed E-state index contributed by atoms with van der Waals surface area (Å²) in [6.07, 6.45) is 4.87. The highest BCUT2D eigenvalue weighted by Crippen LogP contribution is 2.46. The lowest BCUT2D eigenvalue weighted by Gasteiger charge is -2.42. The van der Waals surface area contributed by atoms with Crippen molar-refractivity contribution >= 4 is 73.6 Å². The van der Waals surface area contributed by atoms with Gasteiger partial charge in [0, 0.05) is 34.1 Å². The van der Waals surface area contributed by atoms with E-state index in [2.05, 4.69) is 94.6 Å². The Morgan fingerprint density at radius 3 is 1.75 bits per heavy atom. The molecule has 0 aliphatic heterocycles. The smallest absolute Gasteiger partial charge is 0.328 e. The highest BCUT2D eigenvalue weighted by molar-refractivity contribution is 6.92. The Labute approximate surface area is 349 Å². The zero-order valence-electron chi connectivity index (χ0n) is 35.6. The number of aliphatic carboxylic acids is 2. The van der Waals surface area contributed by atoms with Gasteiger partial charge in [-0.2, -0.15) is 0 Å². The SMILES string of the molecule is CC1(C)CCC(C)(C)c2cc(NC(=O)c3ccc(C(=O)N[C@@H](CC[Si](C)(C)c4cc(C(=O)Nc5ccc(/C=C/C(=O)O)cc5)cc([Si](C)(C)C)c4)C(=O)O)cc3)ccc21. The Morgan fingerprint density at radius 1 is 0.644 bits per heavy atom. The molecule has 10 nitrogen and oxygen atoms in total. The van der Waals surface area contributed by atoms with Crippen LogP contribution < -0.4 is 26.3 Å². The third-order valence-corrected chi connectivity index (χ3v) is 17.0. The minimum Gasteiger partial charge on any atom is -0.480 e. The average Bonchev–Trinajstić information content (AvgIpc) is 3.17. The Bertz CT molecular complexity index is 2290. The molecule has 59 heavy (non-hydrogen) atoms. The Balaban J connectivity index is 1.25. The summed E-state index contributed by atoms with van der Waals surface area (Å²) in [5.41, 5.74) is 5.67. The van der Waals surface area contributed by atoms with Gasteiger partial charge in [-0.3, -0.25) is 14.4 Å². The number of benzene rings is 4. The van der Waals surface area contributed by atoms with Crippen molar-refractivity contribution in [1.29, 1.82) is 0 Å². The third kappa shape index (κ3) is 11.1. The first-order chi connectivity index (χ1) is 27.4. The van der Waals surface area contributed by atoms with Gasteiger partial charge in [0.1, 0.15) is 6.04 Å². The van der Waals surface area contributed by atoms with Crippen molar-refractivity contribution in [2.45, 2.75) is 103 Å². The van der Waals surface area contributed by atoms with E-state index in [4.69, 9.17) is 5.11 Å². The highest BCUT2D eigenvalue weighted by atomic mass is 28.3. The van der Waals surface area contributed by atoms with E-state index in [0.717, 1.165) is 29.3 Å². The molecular weight excluding hydrogens is 775 g/mol. The summed E-state index contributed by atoms with van der Waals surface area (Å²) in [4.78, 5) is 63.5. The number of anilines is 2.